The average Bonchev–Trinajstić information content (AvgIpc) is 2.32. The molecule has 7 heteroatoms. The normalized spacial score (nSPS) is 11.7. The van der Waals surface area contributed by atoms with Crippen LogP contribution in [0.5, 0.6) is 0 Å². The average molecular weight is 279 g/mol. The number of sulfonamides is 1. The van der Waals surface area contributed by atoms with Gasteiger partial charge in [-0.15, -0.1) is 0 Å². The van der Waals surface area contributed by atoms with E-state index in [-0.39, 0.29) is 6.54 Å². The number of benzene rings is 1. The number of ether oxygens (including phenoxy) is 1. The highest BCUT2D eigenvalue weighted by atomic mass is 32.2. The summed E-state index contributed by atoms with van der Waals surface area (Å²) in [5.41, 5.74) is 0. The van der Waals surface area contributed by atoms with Crippen molar-refractivity contribution in [1.29, 1.82) is 0 Å². The molecule has 1 aromatic rings. The number of nitrogens with one attached hydrogen (secondary N) is 1. The molecule has 4 nitrogen and oxygen atoms in total. The van der Waals surface area contributed by atoms with Crippen LogP contribution in [-0.4, -0.2) is 28.2 Å². The first-order valence-corrected chi connectivity index (χ1v) is 6.98. The molecule has 0 heterocycles. The Kier molecular flexibility index (Phi) is 5.64. The van der Waals surface area contributed by atoms with Gasteiger partial charge in [-0.05, 0) is 31.5 Å². The second-order valence-electron chi connectivity index (χ2n) is 3.52. The Bertz CT molecular complexity index is 491. The molecule has 0 aliphatic carbocycles. The van der Waals surface area contributed by atoms with E-state index in [0.717, 1.165) is 12.1 Å². The van der Waals surface area contributed by atoms with Crippen molar-refractivity contribution in [2.24, 2.45) is 0 Å². The van der Waals surface area contributed by atoms with Gasteiger partial charge in [-0.2, -0.15) is 0 Å². The summed E-state index contributed by atoms with van der Waals surface area (Å²) in [5, 5.41) is 0. The van der Waals surface area contributed by atoms with Crippen molar-refractivity contribution in [2.75, 3.05) is 19.8 Å². The predicted molar refractivity (Wildman–Crippen MR) is 62.7 cm³/mol. The zero-order chi connectivity index (χ0) is 13.6. The van der Waals surface area contributed by atoms with Crippen LogP contribution in [-0.2, 0) is 14.8 Å². The Hall–Kier alpha value is -1.05. The van der Waals surface area contributed by atoms with Gasteiger partial charge in [-0.25, -0.2) is 21.9 Å². The molecule has 102 valence electrons. The summed E-state index contributed by atoms with van der Waals surface area (Å²) in [6.07, 6.45) is 0.462. The maximum absolute atomic E-state index is 13.3. The standard InChI is InChI=1S/C11H15F2NO3S/c1-2-17-7-3-6-14-18(15,16)11-8-9(12)4-5-10(11)13/h4-5,8,14H,2-3,6-7H2,1H3. The van der Waals surface area contributed by atoms with Gasteiger partial charge in [-0.3, -0.25) is 0 Å². The fourth-order valence-electron chi connectivity index (χ4n) is 1.29. The molecule has 0 radical (unpaired) electrons. The van der Waals surface area contributed by atoms with Gasteiger partial charge >= 0.3 is 0 Å². The highest BCUT2D eigenvalue weighted by Gasteiger charge is 2.19. The summed E-state index contributed by atoms with van der Waals surface area (Å²) in [7, 11) is -4.02. The Labute approximate surface area is 105 Å². The van der Waals surface area contributed by atoms with E-state index in [0.29, 0.717) is 25.7 Å². The van der Waals surface area contributed by atoms with Crippen molar-refractivity contribution in [3.63, 3.8) is 0 Å². The molecule has 0 aromatic heterocycles. The third kappa shape index (κ3) is 4.32. The van der Waals surface area contributed by atoms with Crippen LogP contribution in [0.4, 0.5) is 8.78 Å². The monoisotopic (exact) mass is 279 g/mol. The number of rotatable bonds is 7. The smallest absolute Gasteiger partial charge is 0.243 e. The summed E-state index contributed by atoms with van der Waals surface area (Å²) >= 11 is 0. The van der Waals surface area contributed by atoms with Crippen LogP contribution in [0.3, 0.4) is 0 Å². The van der Waals surface area contributed by atoms with E-state index in [4.69, 9.17) is 4.74 Å². The minimum absolute atomic E-state index is 0.109. The second kappa shape index (κ2) is 6.77. The van der Waals surface area contributed by atoms with Gasteiger partial charge < -0.3 is 4.74 Å². The zero-order valence-corrected chi connectivity index (χ0v) is 10.8. The molecular weight excluding hydrogens is 264 g/mol. The van der Waals surface area contributed by atoms with Gasteiger partial charge in [0.25, 0.3) is 0 Å². The molecule has 18 heavy (non-hydrogen) atoms. The summed E-state index contributed by atoms with van der Waals surface area (Å²) in [4.78, 5) is -0.682. The third-order valence-electron chi connectivity index (χ3n) is 2.14. The molecule has 0 saturated heterocycles. The Morgan fingerprint density at radius 3 is 2.72 bits per heavy atom. The molecule has 0 unspecified atom stereocenters. The van der Waals surface area contributed by atoms with Crippen LogP contribution in [0.25, 0.3) is 0 Å². The lowest BCUT2D eigenvalue weighted by molar-refractivity contribution is 0.146. The highest BCUT2D eigenvalue weighted by molar-refractivity contribution is 7.89. The fourth-order valence-corrected chi connectivity index (χ4v) is 2.45. The quantitative estimate of drug-likeness (QED) is 0.772. The maximum atomic E-state index is 13.3. The van der Waals surface area contributed by atoms with Gasteiger partial charge in [0.1, 0.15) is 16.5 Å². The minimum Gasteiger partial charge on any atom is -0.382 e. The molecule has 1 N–H and O–H groups in total. The SMILES string of the molecule is CCOCCCNS(=O)(=O)c1cc(F)ccc1F. The van der Waals surface area contributed by atoms with Crippen molar-refractivity contribution >= 4 is 10.0 Å². The van der Waals surface area contributed by atoms with E-state index in [1.165, 1.54) is 0 Å². The van der Waals surface area contributed by atoms with Crippen molar-refractivity contribution in [3.8, 4) is 0 Å². The van der Waals surface area contributed by atoms with Crippen LogP contribution in [0.15, 0.2) is 23.1 Å². The second-order valence-corrected chi connectivity index (χ2v) is 5.26. The molecular formula is C11H15F2NO3S. The maximum Gasteiger partial charge on any atom is 0.243 e. The molecule has 0 aliphatic rings. The van der Waals surface area contributed by atoms with Crippen molar-refractivity contribution in [2.45, 2.75) is 18.2 Å². The molecule has 0 atom stereocenters. The summed E-state index contributed by atoms with van der Waals surface area (Å²) in [6.45, 7) is 2.89. The van der Waals surface area contributed by atoms with E-state index in [2.05, 4.69) is 4.72 Å². The topological polar surface area (TPSA) is 55.4 Å². The lowest BCUT2D eigenvalue weighted by Crippen LogP contribution is -2.26. The van der Waals surface area contributed by atoms with Crippen LogP contribution < -0.4 is 4.72 Å². The van der Waals surface area contributed by atoms with Gasteiger partial charge in [0, 0.05) is 19.8 Å². The largest absolute Gasteiger partial charge is 0.382 e. The summed E-state index contributed by atoms with van der Waals surface area (Å²) in [6, 6.07) is 2.30. The lowest BCUT2D eigenvalue weighted by atomic mass is 10.3. The lowest BCUT2D eigenvalue weighted by Gasteiger charge is -2.07. The van der Waals surface area contributed by atoms with Crippen LogP contribution in [0, 0.1) is 11.6 Å². The van der Waals surface area contributed by atoms with Crippen molar-refractivity contribution in [1.82, 2.24) is 4.72 Å². The molecule has 0 fully saturated rings. The molecule has 1 aromatic carbocycles. The first-order valence-electron chi connectivity index (χ1n) is 5.50. The van der Waals surface area contributed by atoms with Gasteiger partial charge in [0.2, 0.25) is 10.0 Å². The van der Waals surface area contributed by atoms with E-state index >= 15 is 0 Å². The molecule has 0 aliphatic heterocycles. The molecule has 0 amide bonds. The van der Waals surface area contributed by atoms with E-state index in [1.807, 2.05) is 6.92 Å². The fraction of sp³-hybridized carbons (Fsp3) is 0.455. The highest BCUT2D eigenvalue weighted by Crippen LogP contribution is 2.15. The number of halogens is 2. The number of hydrogen-bond acceptors (Lipinski definition) is 3. The molecule has 0 spiro atoms. The first-order chi connectivity index (χ1) is 8.47. The van der Waals surface area contributed by atoms with E-state index in [1.54, 1.807) is 0 Å². The predicted octanol–water partition coefficient (Wildman–Crippen LogP) is 1.67. The van der Waals surface area contributed by atoms with E-state index < -0.39 is 26.6 Å². The first kappa shape index (κ1) is 15.0. The van der Waals surface area contributed by atoms with Gasteiger partial charge in [0.15, 0.2) is 0 Å². The molecule has 0 saturated carbocycles. The molecule has 0 bridgehead atoms. The molecule has 1 rings (SSSR count). The van der Waals surface area contributed by atoms with Crippen LogP contribution >= 0.6 is 0 Å². The Balaban J connectivity index is 2.66. The number of hydrogen-bond donors (Lipinski definition) is 1. The summed E-state index contributed by atoms with van der Waals surface area (Å²) < 4.78 is 56.7. The minimum atomic E-state index is -4.02. The Morgan fingerprint density at radius 1 is 1.33 bits per heavy atom. The summed E-state index contributed by atoms with van der Waals surface area (Å²) in [5.74, 6) is -1.78. The van der Waals surface area contributed by atoms with Crippen molar-refractivity contribution in [3.05, 3.63) is 29.8 Å². The van der Waals surface area contributed by atoms with Crippen LogP contribution in [0.1, 0.15) is 13.3 Å². The van der Waals surface area contributed by atoms with E-state index in [9.17, 15) is 17.2 Å². The van der Waals surface area contributed by atoms with Crippen molar-refractivity contribution < 1.29 is 21.9 Å². The Morgan fingerprint density at radius 2 is 2.06 bits per heavy atom. The van der Waals surface area contributed by atoms with Crippen LogP contribution in [0.2, 0.25) is 0 Å². The third-order valence-corrected chi connectivity index (χ3v) is 3.62. The van der Waals surface area contributed by atoms with Gasteiger partial charge in [0.05, 0.1) is 0 Å². The zero-order valence-electron chi connectivity index (χ0n) is 9.95. The van der Waals surface area contributed by atoms with Gasteiger partial charge in [-0.1, -0.05) is 0 Å².